The summed E-state index contributed by atoms with van der Waals surface area (Å²) in [5.74, 6) is 0. The van der Waals surface area contributed by atoms with Crippen LogP contribution < -0.4 is 5.73 Å². The molecule has 0 amide bonds. The van der Waals surface area contributed by atoms with Gasteiger partial charge in [0.05, 0.1) is 0 Å². The Hall–Kier alpha value is -0.180. The topological polar surface area (TPSA) is 26.0 Å². The first-order valence-corrected chi connectivity index (χ1v) is 7.53. The zero-order valence-corrected chi connectivity index (χ0v) is 12.4. The van der Waals surface area contributed by atoms with E-state index in [9.17, 15) is 0 Å². The number of rotatable bonds is 6. The summed E-state index contributed by atoms with van der Waals surface area (Å²) in [6.45, 7) is 6.59. The van der Waals surface area contributed by atoms with Crippen LogP contribution in [-0.4, -0.2) is 11.3 Å². The predicted molar refractivity (Wildman–Crippen MR) is 79.0 cm³/mol. The van der Waals surface area contributed by atoms with E-state index in [1.165, 1.54) is 16.9 Å². The van der Waals surface area contributed by atoms with Crippen molar-refractivity contribution >= 4 is 23.4 Å². The highest BCUT2D eigenvalue weighted by molar-refractivity contribution is 8.00. The van der Waals surface area contributed by atoms with Crippen LogP contribution in [-0.2, 0) is 6.42 Å². The second-order valence-electron chi connectivity index (χ2n) is 4.46. The van der Waals surface area contributed by atoms with Crippen molar-refractivity contribution in [3.8, 4) is 0 Å². The van der Waals surface area contributed by atoms with Crippen LogP contribution in [0.4, 0.5) is 0 Å². The van der Waals surface area contributed by atoms with Crippen molar-refractivity contribution in [2.24, 2.45) is 5.73 Å². The smallest absolute Gasteiger partial charge is 0.0409 e. The van der Waals surface area contributed by atoms with E-state index >= 15 is 0 Å². The number of thioether (sulfide) groups is 1. The number of hydrogen-bond donors (Lipinski definition) is 1. The number of hydrogen-bond acceptors (Lipinski definition) is 2. The second-order valence-corrected chi connectivity index (χ2v) is 6.38. The molecule has 0 spiro atoms. The molecular formula is C14H22ClNS. The van der Waals surface area contributed by atoms with E-state index in [0.29, 0.717) is 5.25 Å². The van der Waals surface area contributed by atoms with Crippen LogP contribution in [0.25, 0.3) is 0 Å². The van der Waals surface area contributed by atoms with Crippen LogP contribution >= 0.6 is 23.4 Å². The Morgan fingerprint density at radius 1 is 1.29 bits per heavy atom. The molecule has 0 aliphatic carbocycles. The van der Waals surface area contributed by atoms with Gasteiger partial charge in [-0.2, -0.15) is 0 Å². The summed E-state index contributed by atoms with van der Waals surface area (Å²) in [5, 5.41) is 1.43. The van der Waals surface area contributed by atoms with Crippen LogP contribution in [0.15, 0.2) is 23.1 Å². The Bertz CT molecular complexity index is 354. The van der Waals surface area contributed by atoms with E-state index in [0.717, 1.165) is 17.9 Å². The van der Waals surface area contributed by atoms with Gasteiger partial charge in [0.1, 0.15) is 0 Å². The minimum absolute atomic E-state index is 0.227. The first-order chi connectivity index (χ1) is 8.06. The summed E-state index contributed by atoms with van der Waals surface area (Å²) in [6, 6.07) is 6.37. The predicted octanol–water partition coefficient (Wildman–Crippen LogP) is 4.51. The highest BCUT2D eigenvalue weighted by Gasteiger charge is 2.10. The molecule has 0 saturated carbocycles. The van der Waals surface area contributed by atoms with Crippen LogP contribution in [0, 0.1) is 0 Å². The normalized spacial score (nSPS) is 14.6. The third-order valence-electron chi connectivity index (χ3n) is 2.93. The van der Waals surface area contributed by atoms with Gasteiger partial charge in [-0.05, 0) is 43.0 Å². The van der Waals surface area contributed by atoms with Crippen molar-refractivity contribution in [3.05, 3.63) is 28.8 Å². The van der Waals surface area contributed by atoms with Crippen molar-refractivity contribution < 1.29 is 0 Å². The molecule has 96 valence electrons. The summed E-state index contributed by atoms with van der Waals surface area (Å²) in [7, 11) is 0. The molecule has 0 heterocycles. The molecule has 0 aromatic heterocycles. The zero-order chi connectivity index (χ0) is 12.8. The highest BCUT2D eigenvalue weighted by Crippen LogP contribution is 2.31. The summed E-state index contributed by atoms with van der Waals surface area (Å²) in [4.78, 5) is 1.33. The monoisotopic (exact) mass is 271 g/mol. The average Bonchev–Trinajstić information content (AvgIpc) is 2.32. The first kappa shape index (κ1) is 14.9. The lowest BCUT2D eigenvalue weighted by atomic mass is 10.0. The fraction of sp³-hybridized carbons (Fsp3) is 0.571. The van der Waals surface area contributed by atoms with E-state index in [4.69, 9.17) is 17.3 Å². The van der Waals surface area contributed by atoms with E-state index < -0.39 is 0 Å². The molecule has 0 bridgehead atoms. The van der Waals surface area contributed by atoms with Gasteiger partial charge in [0.15, 0.2) is 0 Å². The molecule has 0 saturated heterocycles. The Kier molecular flexibility index (Phi) is 6.39. The molecule has 1 rings (SSSR count). The standard InChI is InChI=1S/C14H22ClNS/c1-4-10(3)17-14-7-6-12(15)8-11(14)9-13(16)5-2/h6-8,10,13H,4-5,9,16H2,1-3H3. The van der Waals surface area contributed by atoms with Gasteiger partial charge >= 0.3 is 0 Å². The van der Waals surface area contributed by atoms with Crippen molar-refractivity contribution in [2.75, 3.05) is 0 Å². The molecule has 2 unspecified atom stereocenters. The Morgan fingerprint density at radius 2 is 2.00 bits per heavy atom. The molecule has 1 nitrogen and oxygen atoms in total. The third kappa shape index (κ3) is 4.90. The van der Waals surface area contributed by atoms with Gasteiger partial charge in [-0.3, -0.25) is 0 Å². The second kappa shape index (κ2) is 7.30. The van der Waals surface area contributed by atoms with Crippen LogP contribution in [0.3, 0.4) is 0 Å². The van der Waals surface area contributed by atoms with Crippen LogP contribution in [0.1, 0.15) is 39.2 Å². The van der Waals surface area contributed by atoms with Crippen LogP contribution in [0.2, 0.25) is 5.02 Å². The summed E-state index contributed by atoms with van der Waals surface area (Å²) >= 11 is 7.98. The Morgan fingerprint density at radius 3 is 2.59 bits per heavy atom. The van der Waals surface area contributed by atoms with Gasteiger partial charge < -0.3 is 5.73 Å². The van der Waals surface area contributed by atoms with Crippen LogP contribution in [0.5, 0.6) is 0 Å². The van der Waals surface area contributed by atoms with Gasteiger partial charge in [-0.15, -0.1) is 11.8 Å². The fourth-order valence-corrected chi connectivity index (χ4v) is 2.78. The minimum Gasteiger partial charge on any atom is -0.327 e. The maximum atomic E-state index is 6.06. The van der Waals surface area contributed by atoms with Crippen molar-refractivity contribution in [1.29, 1.82) is 0 Å². The van der Waals surface area contributed by atoms with E-state index in [2.05, 4.69) is 32.9 Å². The van der Waals surface area contributed by atoms with E-state index in [1.54, 1.807) is 0 Å². The van der Waals surface area contributed by atoms with Gasteiger partial charge in [0.25, 0.3) is 0 Å². The molecule has 2 N–H and O–H groups in total. The number of halogens is 1. The highest BCUT2D eigenvalue weighted by atomic mass is 35.5. The molecule has 0 fully saturated rings. The molecule has 1 aromatic rings. The minimum atomic E-state index is 0.227. The Balaban J connectivity index is 2.87. The SMILES string of the molecule is CCC(N)Cc1cc(Cl)ccc1SC(C)CC. The summed E-state index contributed by atoms with van der Waals surface area (Å²) < 4.78 is 0. The lowest BCUT2D eigenvalue weighted by Crippen LogP contribution is -2.21. The largest absolute Gasteiger partial charge is 0.327 e. The molecule has 0 radical (unpaired) electrons. The van der Waals surface area contributed by atoms with Gasteiger partial charge in [-0.1, -0.05) is 32.4 Å². The maximum Gasteiger partial charge on any atom is 0.0409 e. The quantitative estimate of drug-likeness (QED) is 0.771. The molecule has 1 aromatic carbocycles. The number of benzene rings is 1. The van der Waals surface area contributed by atoms with Crippen molar-refractivity contribution in [1.82, 2.24) is 0 Å². The lowest BCUT2D eigenvalue weighted by Gasteiger charge is -2.16. The third-order valence-corrected chi connectivity index (χ3v) is 4.56. The van der Waals surface area contributed by atoms with E-state index in [-0.39, 0.29) is 6.04 Å². The summed E-state index contributed by atoms with van der Waals surface area (Å²) in [5.41, 5.74) is 7.32. The van der Waals surface area contributed by atoms with Crippen molar-refractivity contribution in [2.45, 2.75) is 56.2 Å². The molecule has 2 atom stereocenters. The van der Waals surface area contributed by atoms with Crippen molar-refractivity contribution in [3.63, 3.8) is 0 Å². The molecule has 3 heteroatoms. The Labute approximate surface area is 114 Å². The summed E-state index contributed by atoms with van der Waals surface area (Å²) in [6.07, 6.45) is 3.09. The van der Waals surface area contributed by atoms with E-state index in [1.807, 2.05) is 17.8 Å². The molecule has 0 aliphatic rings. The van der Waals surface area contributed by atoms with Gasteiger partial charge in [0, 0.05) is 21.2 Å². The zero-order valence-electron chi connectivity index (χ0n) is 10.9. The molecular weight excluding hydrogens is 250 g/mol. The molecule has 17 heavy (non-hydrogen) atoms. The lowest BCUT2D eigenvalue weighted by molar-refractivity contribution is 0.641. The van der Waals surface area contributed by atoms with Gasteiger partial charge in [-0.25, -0.2) is 0 Å². The fourth-order valence-electron chi connectivity index (χ4n) is 1.55. The maximum absolute atomic E-state index is 6.06. The molecule has 0 aliphatic heterocycles. The first-order valence-electron chi connectivity index (χ1n) is 6.27. The number of nitrogens with two attached hydrogens (primary N) is 1. The van der Waals surface area contributed by atoms with Gasteiger partial charge in [0.2, 0.25) is 0 Å². The average molecular weight is 272 g/mol.